The SMILES string of the molecule is Oc1cc(O)c(-c2[nH]ncc2N2CCNCC2)cc1CCc1cccc2c1OCO2. The zero-order valence-corrected chi connectivity index (χ0v) is 16.5. The Morgan fingerprint density at radius 3 is 2.70 bits per heavy atom. The third-order valence-electron chi connectivity index (χ3n) is 5.69. The summed E-state index contributed by atoms with van der Waals surface area (Å²) in [4.78, 5) is 2.24. The van der Waals surface area contributed by atoms with Crippen LogP contribution in [0.4, 0.5) is 5.69 Å². The number of nitrogens with zero attached hydrogens (tertiary/aromatic N) is 2. The van der Waals surface area contributed by atoms with Gasteiger partial charge in [0.15, 0.2) is 11.5 Å². The molecule has 0 bridgehead atoms. The molecule has 1 saturated heterocycles. The van der Waals surface area contributed by atoms with Crippen LogP contribution in [0.3, 0.4) is 0 Å². The van der Waals surface area contributed by atoms with E-state index in [4.69, 9.17) is 9.47 Å². The van der Waals surface area contributed by atoms with Gasteiger partial charge in [-0.15, -0.1) is 0 Å². The standard InChI is InChI=1S/C22H24N4O4/c27-18-11-19(28)16(21-17(12-24-25-21)26-8-6-23-7-9-26)10-15(18)5-4-14-2-1-3-20-22(14)30-13-29-20/h1-3,10-12,23,27-28H,4-9,13H2,(H,24,25). The minimum Gasteiger partial charge on any atom is -0.508 e. The number of para-hydroxylation sites is 1. The molecule has 5 rings (SSSR count). The first kappa shape index (κ1) is 18.6. The quantitative estimate of drug-likeness (QED) is 0.514. The van der Waals surface area contributed by atoms with Crippen LogP contribution in [0.5, 0.6) is 23.0 Å². The molecule has 0 spiro atoms. The Balaban J connectivity index is 1.43. The van der Waals surface area contributed by atoms with Crippen LogP contribution in [0.25, 0.3) is 11.3 Å². The zero-order chi connectivity index (χ0) is 20.5. The average Bonchev–Trinajstić information content (AvgIpc) is 3.44. The monoisotopic (exact) mass is 408 g/mol. The van der Waals surface area contributed by atoms with Gasteiger partial charge in [-0.2, -0.15) is 5.10 Å². The van der Waals surface area contributed by atoms with Gasteiger partial charge >= 0.3 is 0 Å². The van der Waals surface area contributed by atoms with E-state index in [1.807, 2.05) is 24.3 Å². The molecule has 0 atom stereocenters. The maximum absolute atomic E-state index is 10.5. The normalized spacial score (nSPS) is 15.5. The number of H-pyrrole nitrogens is 1. The molecule has 1 fully saturated rings. The van der Waals surface area contributed by atoms with E-state index in [1.165, 1.54) is 6.07 Å². The predicted molar refractivity (Wildman–Crippen MR) is 112 cm³/mol. The van der Waals surface area contributed by atoms with Crippen LogP contribution < -0.4 is 19.7 Å². The van der Waals surface area contributed by atoms with Crippen molar-refractivity contribution < 1.29 is 19.7 Å². The number of hydrogen-bond donors (Lipinski definition) is 4. The summed E-state index contributed by atoms with van der Waals surface area (Å²) in [5.41, 5.74) is 4.12. The summed E-state index contributed by atoms with van der Waals surface area (Å²) < 4.78 is 11.0. The van der Waals surface area contributed by atoms with Crippen molar-refractivity contribution in [2.45, 2.75) is 12.8 Å². The number of fused-ring (bicyclic) bond motifs is 1. The second kappa shape index (κ2) is 7.79. The number of aromatic amines is 1. The fraction of sp³-hybridized carbons (Fsp3) is 0.318. The van der Waals surface area contributed by atoms with Crippen LogP contribution in [0.15, 0.2) is 36.5 Å². The molecule has 8 heteroatoms. The maximum Gasteiger partial charge on any atom is 0.231 e. The lowest BCUT2D eigenvalue weighted by Gasteiger charge is -2.29. The number of phenolic OH excluding ortho intramolecular Hbond substituents is 2. The molecule has 2 aliphatic rings. The molecule has 3 heterocycles. The number of phenols is 2. The largest absolute Gasteiger partial charge is 0.508 e. The van der Waals surface area contributed by atoms with Crippen LogP contribution in [0, 0.1) is 0 Å². The van der Waals surface area contributed by atoms with Crippen molar-refractivity contribution in [3.8, 4) is 34.3 Å². The van der Waals surface area contributed by atoms with E-state index in [0.29, 0.717) is 18.4 Å². The highest BCUT2D eigenvalue weighted by molar-refractivity contribution is 5.80. The van der Waals surface area contributed by atoms with Crippen molar-refractivity contribution in [3.05, 3.63) is 47.7 Å². The molecule has 0 amide bonds. The summed E-state index contributed by atoms with van der Waals surface area (Å²) in [5.74, 6) is 1.62. The highest BCUT2D eigenvalue weighted by atomic mass is 16.7. The Hall–Kier alpha value is -3.39. The summed E-state index contributed by atoms with van der Waals surface area (Å²) >= 11 is 0. The van der Waals surface area contributed by atoms with Gasteiger partial charge in [0, 0.05) is 37.8 Å². The van der Waals surface area contributed by atoms with E-state index in [-0.39, 0.29) is 18.3 Å². The Kier molecular flexibility index (Phi) is 4.84. The molecular weight excluding hydrogens is 384 g/mol. The summed E-state index contributed by atoms with van der Waals surface area (Å²) in [6.45, 7) is 3.80. The van der Waals surface area contributed by atoms with Gasteiger partial charge in [-0.3, -0.25) is 5.10 Å². The lowest BCUT2D eigenvalue weighted by molar-refractivity contribution is 0.173. The van der Waals surface area contributed by atoms with Crippen molar-refractivity contribution in [1.29, 1.82) is 0 Å². The number of piperazine rings is 1. The summed E-state index contributed by atoms with van der Waals surface area (Å²) in [5, 5.41) is 31.6. The smallest absolute Gasteiger partial charge is 0.231 e. The van der Waals surface area contributed by atoms with Gasteiger partial charge < -0.3 is 29.9 Å². The minimum absolute atomic E-state index is 0.0224. The van der Waals surface area contributed by atoms with Gasteiger partial charge in [0.2, 0.25) is 6.79 Å². The van der Waals surface area contributed by atoms with Crippen LogP contribution in [-0.2, 0) is 12.8 Å². The highest BCUT2D eigenvalue weighted by Gasteiger charge is 2.21. The van der Waals surface area contributed by atoms with E-state index in [9.17, 15) is 10.2 Å². The number of anilines is 1. The topological polar surface area (TPSA) is 103 Å². The molecule has 2 aromatic carbocycles. The number of rotatable bonds is 5. The lowest BCUT2D eigenvalue weighted by atomic mass is 9.98. The molecule has 0 aliphatic carbocycles. The number of aromatic nitrogens is 2. The number of ether oxygens (including phenoxy) is 2. The van der Waals surface area contributed by atoms with Crippen molar-refractivity contribution >= 4 is 5.69 Å². The van der Waals surface area contributed by atoms with Crippen molar-refractivity contribution in [3.63, 3.8) is 0 Å². The number of nitrogens with one attached hydrogen (secondary N) is 2. The van der Waals surface area contributed by atoms with Gasteiger partial charge in [-0.1, -0.05) is 12.1 Å². The molecular formula is C22H24N4O4. The van der Waals surface area contributed by atoms with Gasteiger partial charge in [-0.05, 0) is 36.1 Å². The molecule has 156 valence electrons. The Morgan fingerprint density at radius 2 is 1.83 bits per heavy atom. The number of hydrogen-bond acceptors (Lipinski definition) is 7. The van der Waals surface area contributed by atoms with Crippen LogP contribution in [-0.4, -0.2) is 53.4 Å². The number of aromatic hydroxyl groups is 2. The van der Waals surface area contributed by atoms with E-state index in [0.717, 1.165) is 60.2 Å². The molecule has 0 radical (unpaired) electrons. The fourth-order valence-corrected chi connectivity index (χ4v) is 4.10. The molecule has 30 heavy (non-hydrogen) atoms. The second-order valence-electron chi connectivity index (χ2n) is 7.52. The Morgan fingerprint density at radius 1 is 1.00 bits per heavy atom. The first-order chi connectivity index (χ1) is 14.7. The van der Waals surface area contributed by atoms with Crippen LogP contribution in [0.1, 0.15) is 11.1 Å². The summed E-state index contributed by atoms with van der Waals surface area (Å²) in [6.07, 6.45) is 3.06. The van der Waals surface area contributed by atoms with Gasteiger partial charge in [0.1, 0.15) is 11.5 Å². The third kappa shape index (κ3) is 3.39. The molecule has 0 saturated carbocycles. The predicted octanol–water partition coefficient (Wildman–Crippen LogP) is 2.41. The highest BCUT2D eigenvalue weighted by Crippen LogP contribution is 2.40. The average molecular weight is 408 g/mol. The van der Waals surface area contributed by atoms with Crippen molar-refractivity contribution in [2.24, 2.45) is 0 Å². The van der Waals surface area contributed by atoms with E-state index < -0.39 is 0 Å². The first-order valence-corrected chi connectivity index (χ1v) is 10.1. The second-order valence-corrected chi connectivity index (χ2v) is 7.52. The van der Waals surface area contributed by atoms with Gasteiger partial charge in [0.25, 0.3) is 0 Å². The van der Waals surface area contributed by atoms with Gasteiger partial charge in [-0.25, -0.2) is 0 Å². The first-order valence-electron chi connectivity index (χ1n) is 10.1. The van der Waals surface area contributed by atoms with E-state index >= 15 is 0 Å². The van der Waals surface area contributed by atoms with E-state index in [1.54, 1.807) is 6.20 Å². The minimum atomic E-state index is 0.0224. The molecule has 0 unspecified atom stereocenters. The Bertz CT molecular complexity index is 1060. The van der Waals surface area contributed by atoms with Crippen LogP contribution >= 0.6 is 0 Å². The van der Waals surface area contributed by atoms with Crippen molar-refractivity contribution in [2.75, 3.05) is 37.9 Å². The third-order valence-corrected chi connectivity index (χ3v) is 5.69. The van der Waals surface area contributed by atoms with Crippen LogP contribution in [0.2, 0.25) is 0 Å². The molecule has 8 nitrogen and oxygen atoms in total. The molecule has 1 aromatic heterocycles. The summed E-state index contributed by atoms with van der Waals surface area (Å²) in [6, 6.07) is 9.07. The number of benzene rings is 2. The fourth-order valence-electron chi connectivity index (χ4n) is 4.10. The molecule has 3 aromatic rings. The maximum atomic E-state index is 10.5. The molecule has 4 N–H and O–H groups in total. The summed E-state index contributed by atoms with van der Waals surface area (Å²) in [7, 11) is 0. The van der Waals surface area contributed by atoms with Crippen molar-refractivity contribution in [1.82, 2.24) is 15.5 Å². The molecule has 2 aliphatic heterocycles. The van der Waals surface area contributed by atoms with Gasteiger partial charge in [0.05, 0.1) is 17.6 Å². The Labute approximate surface area is 174 Å². The number of aryl methyl sites for hydroxylation is 2. The lowest BCUT2D eigenvalue weighted by Crippen LogP contribution is -2.43. The zero-order valence-electron chi connectivity index (χ0n) is 16.5. The van der Waals surface area contributed by atoms with E-state index in [2.05, 4.69) is 20.4 Å².